The Kier molecular flexibility index (Phi) is 4.99. The summed E-state index contributed by atoms with van der Waals surface area (Å²) in [6.07, 6.45) is 0. The molecule has 1 aromatic heterocycles. The second-order valence-corrected chi connectivity index (χ2v) is 6.58. The average Bonchev–Trinajstić information content (AvgIpc) is 2.80. The van der Waals surface area contributed by atoms with E-state index < -0.39 is 0 Å². The number of thiazole rings is 1. The van der Waals surface area contributed by atoms with Gasteiger partial charge in [0.2, 0.25) is 0 Å². The molecule has 1 heterocycles. The van der Waals surface area contributed by atoms with Crippen LogP contribution in [0.25, 0.3) is 0 Å². The minimum atomic E-state index is -0.184. The van der Waals surface area contributed by atoms with Crippen LogP contribution in [0, 0.1) is 3.57 Å². The maximum absolute atomic E-state index is 12.1. The third-order valence-corrected chi connectivity index (χ3v) is 4.53. The molecule has 0 spiro atoms. The summed E-state index contributed by atoms with van der Waals surface area (Å²) in [6, 6.07) is 5.59. The Labute approximate surface area is 135 Å². The van der Waals surface area contributed by atoms with E-state index in [2.05, 4.69) is 48.8 Å². The van der Waals surface area contributed by atoms with E-state index in [1.165, 1.54) is 11.3 Å². The van der Waals surface area contributed by atoms with Crippen LogP contribution in [0.3, 0.4) is 0 Å². The molecule has 18 heavy (non-hydrogen) atoms. The lowest BCUT2D eigenvalue weighted by molar-refractivity contribution is 0.102. The summed E-state index contributed by atoms with van der Waals surface area (Å²) >= 11 is 12.6. The van der Waals surface area contributed by atoms with Crippen molar-refractivity contribution in [2.75, 3.05) is 5.32 Å². The van der Waals surface area contributed by atoms with E-state index in [1.54, 1.807) is 0 Å². The number of benzene rings is 1. The molecule has 0 aliphatic heterocycles. The summed E-state index contributed by atoms with van der Waals surface area (Å²) in [7, 11) is 0. The summed E-state index contributed by atoms with van der Waals surface area (Å²) in [5, 5.41) is 5.14. The Morgan fingerprint density at radius 2 is 2.33 bits per heavy atom. The van der Waals surface area contributed by atoms with Gasteiger partial charge in [0.05, 0.1) is 17.1 Å². The van der Waals surface area contributed by atoms with Gasteiger partial charge in [-0.3, -0.25) is 10.1 Å². The van der Waals surface area contributed by atoms with Crippen LogP contribution < -0.4 is 5.32 Å². The molecule has 7 heteroatoms. The third kappa shape index (κ3) is 3.43. The molecule has 1 aromatic carbocycles. The van der Waals surface area contributed by atoms with Crippen molar-refractivity contribution in [3.05, 3.63) is 42.9 Å². The van der Waals surface area contributed by atoms with Gasteiger partial charge in [0.1, 0.15) is 0 Å². The molecule has 2 aromatic rings. The highest BCUT2D eigenvalue weighted by Crippen LogP contribution is 2.22. The number of anilines is 1. The molecule has 3 nitrogen and oxygen atoms in total. The number of alkyl halides is 1. The van der Waals surface area contributed by atoms with E-state index >= 15 is 0 Å². The number of carbonyl (C=O) groups excluding carboxylic acids is 1. The van der Waals surface area contributed by atoms with E-state index in [1.807, 2.05) is 23.6 Å². The van der Waals surface area contributed by atoms with E-state index in [0.717, 1.165) is 13.7 Å². The maximum atomic E-state index is 12.1. The highest BCUT2D eigenvalue weighted by molar-refractivity contribution is 14.1. The molecule has 1 amide bonds. The number of nitrogens with one attached hydrogen (secondary N) is 1. The first-order valence-electron chi connectivity index (χ1n) is 4.87. The van der Waals surface area contributed by atoms with Gasteiger partial charge in [-0.1, -0.05) is 0 Å². The highest BCUT2D eigenvalue weighted by Gasteiger charge is 2.12. The van der Waals surface area contributed by atoms with E-state index in [-0.39, 0.29) is 5.91 Å². The zero-order chi connectivity index (χ0) is 13.1. The van der Waals surface area contributed by atoms with Crippen LogP contribution in [0.4, 0.5) is 5.13 Å². The molecule has 0 fully saturated rings. The number of hydrogen-bond acceptors (Lipinski definition) is 3. The first-order valence-corrected chi connectivity index (χ1v) is 8.15. The standard InChI is InChI=1S/C11H7BrClIN2OS/c12-9-2-1-6(14)3-8(9)10(17)16-11-15-7(4-13)5-18-11/h1-3,5H,4H2,(H,15,16,17). The molecular weight excluding hydrogens is 450 g/mol. The lowest BCUT2D eigenvalue weighted by Crippen LogP contribution is -2.12. The summed E-state index contributed by atoms with van der Waals surface area (Å²) in [6.45, 7) is 0. The molecule has 0 atom stereocenters. The summed E-state index contributed by atoms with van der Waals surface area (Å²) in [4.78, 5) is 16.3. The second-order valence-electron chi connectivity index (χ2n) is 3.36. The van der Waals surface area contributed by atoms with Crippen LogP contribution in [-0.2, 0) is 5.88 Å². The molecule has 0 saturated carbocycles. The molecule has 0 aliphatic carbocycles. The first-order chi connectivity index (χ1) is 8.60. The third-order valence-electron chi connectivity index (χ3n) is 2.08. The summed E-state index contributed by atoms with van der Waals surface area (Å²) in [5.74, 6) is 0.162. The highest BCUT2D eigenvalue weighted by atomic mass is 127. The largest absolute Gasteiger partial charge is 0.298 e. The fourth-order valence-corrected chi connectivity index (χ4v) is 3.11. The van der Waals surface area contributed by atoms with Crippen LogP contribution in [0.5, 0.6) is 0 Å². The quantitative estimate of drug-likeness (QED) is 0.545. The van der Waals surface area contributed by atoms with Crippen molar-refractivity contribution in [1.29, 1.82) is 0 Å². The summed E-state index contributed by atoms with van der Waals surface area (Å²) in [5.41, 5.74) is 1.35. The predicted molar refractivity (Wildman–Crippen MR) is 86.5 cm³/mol. The molecule has 0 bridgehead atoms. The van der Waals surface area contributed by atoms with Crippen molar-refractivity contribution in [3.8, 4) is 0 Å². The lowest BCUT2D eigenvalue weighted by Gasteiger charge is -2.04. The van der Waals surface area contributed by atoms with Gasteiger partial charge in [-0.25, -0.2) is 4.98 Å². The Bertz CT molecular complexity index is 590. The molecular formula is C11H7BrClIN2OS. The fraction of sp³-hybridized carbons (Fsp3) is 0.0909. The number of amides is 1. The van der Waals surface area contributed by atoms with Gasteiger partial charge in [-0.05, 0) is 56.7 Å². The van der Waals surface area contributed by atoms with Gasteiger partial charge in [0.15, 0.2) is 5.13 Å². The molecule has 0 unspecified atom stereocenters. The van der Waals surface area contributed by atoms with Crippen LogP contribution in [0.2, 0.25) is 0 Å². The van der Waals surface area contributed by atoms with Crippen molar-refractivity contribution < 1.29 is 4.79 Å². The van der Waals surface area contributed by atoms with Crippen molar-refractivity contribution in [3.63, 3.8) is 0 Å². The lowest BCUT2D eigenvalue weighted by atomic mass is 10.2. The number of aromatic nitrogens is 1. The van der Waals surface area contributed by atoms with Crippen molar-refractivity contribution >= 4 is 72.5 Å². The molecule has 2 rings (SSSR count). The Morgan fingerprint density at radius 3 is 3.00 bits per heavy atom. The van der Waals surface area contributed by atoms with Crippen LogP contribution in [0.1, 0.15) is 16.1 Å². The van der Waals surface area contributed by atoms with Crippen LogP contribution in [0.15, 0.2) is 28.1 Å². The number of carbonyl (C=O) groups is 1. The Morgan fingerprint density at radius 1 is 1.56 bits per heavy atom. The van der Waals surface area contributed by atoms with Gasteiger partial charge >= 0.3 is 0 Å². The minimum Gasteiger partial charge on any atom is -0.298 e. The summed E-state index contributed by atoms with van der Waals surface area (Å²) < 4.78 is 1.76. The molecule has 94 valence electrons. The van der Waals surface area contributed by atoms with Gasteiger partial charge in [0, 0.05) is 13.4 Å². The number of halogens is 3. The van der Waals surface area contributed by atoms with Gasteiger partial charge in [0.25, 0.3) is 5.91 Å². The van der Waals surface area contributed by atoms with Crippen LogP contribution >= 0.6 is 61.5 Å². The monoisotopic (exact) mass is 456 g/mol. The van der Waals surface area contributed by atoms with E-state index in [0.29, 0.717) is 16.6 Å². The van der Waals surface area contributed by atoms with E-state index in [9.17, 15) is 4.79 Å². The molecule has 1 N–H and O–H groups in total. The SMILES string of the molecule is O=C(Nc1nc(CCl)cs1)c1cc(I)ccc1Br. The Balaban J connectivity index is 2.19. The molecule has 0 radical (unpaired) electrons. The Hall–Kier alpha value is -0.180. The smallest absolute Gasteiger partial charge is 0.258 e. The van der Waals surface area contributed by atoms with E-state index in [4.69, 9.17) is 11.6 Å². The van der Waals surface area contributed by atoms with Crippen molar-refractivity contribution in [2.45, 2.75) is 5.88 Å². The topological polar surface area (TPSA) is 42.0 Å². The first kappa shape index (κ1) is 14.2. The van der Waals surface area contributed by atoms with Gasteiger partial charge in [-0.15, -0.1) is 22.9 Å². The number of nitrogens with zero attached hydrogens (tertiary/aromatic N) is 1. The minimum absolute atomic E-state index is 0.184. The number of hydrogen-bond donors (Lipinski definition) is 1. The average molecular weight is 458 g/mol. The zero-order valence-electron chi connectivity index (χ0n) is 8.91. The molecule has 0 saturated heterocycles. The normalized spacial score (nSPS) is 10.4. The van der Waals surface area contributed by atoms with Gasteiger partial charge < -0.3 is 0 Å². The molecule has 0 aliphatic rings. The number of rotatable bonds is 3. The predicted octanol–water partition coefficient (Wildman–Crippen LogP) is 4.50. The van der Waals surface area contributed by atoms with Crippen LogP contribution in [-0.4, -0.2) is 10.9 Å². The zero-order valence-corrected chi connectivity index (χ0v) is 14.2. The second kappa shape index (κ2) is 6.31. The fourth-order valence-electron chi connectivity index (χ4n) is 1.26. The van der Waals surface area contributed by atoms with Crippen molar-refractivity contribution in [2.24, 2.45) is 0 Å². The van der Waals surface area contributed by atoms with Crippen molar-refractivity contribution in [1.82, 2.24) is 4.98 Å². The maximum Gasteiger partial charge on any atom is 0.258 e. The van der Waals surface area contributed by atoms with Gasteiger partial charge in [-0.2, -0.15) is 0 Å².